The second-order valence-electron chi connectivity index (χ2n) is 4.46. The molecule has 2 aromatic rings. The first-order valence-electron chi connectivity index (χ1n) is 5.99. The molecule has 0 amide bonds. The van der Waals surface area contributed by atoms with Gasteiger partial charge in [-0.25, -0.2) is 0 Å². The summed E-state index contributed by atoms with van der Waals surface area (Å²) in [5.74, 6) is 0. The zero-order chi connectivity index (χ0) is 14.8. The molecule has 0 saturated heterocycles. The lowest BCUT2D eigenvalue weighted by Crippen LogP contribution is -2.18. The Hall–Kier alpha value is -0.850. The third-order valence-electron chi connectivity index (χ3n) is 2.92. The molecule has 1 unspecified atom stereocenters. The maximum Gasteiger partial charge on any atom is 0.416 e. The van der Waals surface area contributed by atoms with E-state index in [1.165, 1.54) is 12.1 Å². The van der Waals surface area contributed by atoms with E-state index in [2.05, 4.69) is 21.2 Å². The third-order valence-corrected chi connectivity index (χ3v) is 4.62. The van der Waals surface area contributed by atoms with Gasteiger partial charge in [-0.15, -0.1) is 11.3 Å². The van der Waals surface area contributed by atoms with Crippen LogP contribution in [0.3, 0.4) is 0 Å². The predicted octanol–water partition coefficient (Wildman–Crippen LogP) is 5.38. The molecule has 0 spiro atoms. The highest BCUT2D eigenvalue weighted by Crippen LogP contribution is 2.30. The minimum atomic E-state index is -4.30. The Morgan fingerprint density at radius 1 is 1.30 bits per heavy atom. The molecule has 1 N–H and O–H groups in total. The first-order valence-corrected chi connectivity index (χ1v) is 7.67. The van der Waals surface area contributed by atoms with Crippen LogP contribution < -0.4 is 5.32 Å². The van der Waals surface area contributed by atoms with E-state index in [4.69, 9.17) is 0 Å². The summed E-state index contributed by atoms with van der Waals surface area (Å²) in [6, 6.07) is 7.29. The lowest BCUT2D eigenvalue weighted by molar-refractivity contribution is -0.137. The van der Waals surface area contributed by atoms with Gasteiger partial charge in [0.2, 0.25) is 0 Å². The lowest BCUT2D eigenvalue weighted by atomic mass is 10.0. The van der Waals surface area contributed by atoms with Crippen LogP contribution in [-0.4, -0.2) is 0 Å². The molecule has 0 aliphatic heterocycles. The maximum atomic E-state index is 12.7. The summed E-state index contributed by atoms with van der Waals surface area (Å²) in [6.07, 6.45) is -4.30. The van der Waals surface area contributed by atoms with Crippen LogP contribution in [0.4, 0.5) is 13.2 Å². The number of nitrogens with one attached hydrogen (secondary N) is 1. The summed E-state index contributed by atoms with van der Waals surface area (Å²) in [6.45, 7) is 2.49. The molecule has 1 aromatic carbocycles. The Balaban J connectivity index is 2.03. The molecule has 0 radical (unpaired) electrons. The van der Waals surface area contributed by atoms with Gasteiger partial charge in [-0.3, -0.25) is 0 Å². The predicted molar refractivity (Wildman–Crippen MR) is 78.7 cm³/mol. The zero-order valence-corrected chi connectivity index (χ0v) is 13.1. The highest BCUT2D eigenvalue weighted by atomic mass is 79.9. The summed E-state index contributed by atoms with van der Waals surface area (Å²) < 4.78 is 39.0. The number of rotatable bonds is 4. The smallest absolute Gasteiger partial charge is 0.305 e. The SMILES string of the molecule is CC(NCc1cc(Br)cs1)c1cccc(C(F)(F)F)c1. The molecular weight excluding hydrogens is 351 g/mol. The first kappa shape index (κ1) is 15.5. The van der Waals surface area contributed by atoms with Gasteiger partial charge in [0.05, 0.1) is 5.56 Å². The monoisotopic (exact) mass is 363 g/mol. The molecule has 1 heterocycles. The summed E-state index contributed by atoms with van der Waals surface area (Å²) in [4.78, 5) is 1.13. The number of benzene rings is 1. The van der Waals surface area contributed by atoms with Crippen molar-refractivity contribution in [1.29, 1.82) is 0 Å². The Labute approximate surface area is 128 Å². The Kier molecular flexibility index (Phi) is 4.88. The van der Waals surface area contributed by atoms with E-state index in [0.29, 0.717) is 12.1 Å². The highest BCUT2D eigenvalue weighted by Gasteiger charge is 2.30. The van der Waals surface area contributed by atoms with Crippen LogP contribution in [0.15, 0.2) is 40.2 Å². The van der Waals surface area contributed by atoms with E-state index in [0.717, 1.165) is 15.4 Å². The minimum absolute atomic E-state index is 0.141. The molecule has 1 aromatic heterocycles. The van der Waals surface area contributed by atoms with E-state index in [-0.39, 0.29) is 6.04 Å². The molecule has 0 bridgehead atoms. The molecule has 1 atom stereocenters. The average molecular weight is 364 g/mol. The van der Waals surface area contributed by atoms with Gasteiger partial charge in [0, 0.05) is 27.3 Å². The normalized spacial score (nSPS) is 13.4. The second kappa shape index (κ2) is 6.28. The van der Waals surface area contributed by atoms with E-state index >= 15 is 0 Å². The maximum absolute atomic E-state index is 12.7. The van der Waals surface area contributed by atoms with Crippen molar-refractivity contribution in [2.75, 3.05) is 0 Å². The van der Waals surface area contributed by atoms with Gasteiger partial charge >= 0.3 is 6.18 Å². The van der Waals surface area contributed by atoms with Gasteiger partial charge in [-0.05, 0) is 46.6 Å². The molecule has 20 heavy (non-hydrogen) atoms. The quantitative estimate of drug-likeness (QED) is 0.768. The summed E-state index contributed by atoms with van der Waals surface area (Å²) in [7, 11) is 0. The van der Waals surface area contributed by atoms with Crippen molar-refractivity contribution in [2.24, 2.45) is 0 Å². The van der Waals surface area contributed by atoms with Crippen molar-refractivity contribution in [1.82, 2.24) is 5.32 Å². The number of hydrogen-bond acceptors (Lipinski definition) is 2. The largest absolute Gasteiger partial charge is 0.416 e. The molecular formula is C14H13BrF3NS. The van der Waals surface area contributed by atoms with Crippen molar-refractivity contribution in [3.05, 3.63) is 56.2 Å². The molecule has 1 nitrogen and oxygen atoms in total. The summed E-state index contributed by atoms with van der Waals surface area (Å²) >= 11 is 4.98. The van der Waals surface area contributed by atoms with Crippen LogP contribution >= 0.6 is 27.3 Å². The van der Waals surface area contributed by atoms with Crippen molar-refractivity contribution in [3.8, 4) is 0 Å². The van der Waals surface area contributed by atoms with E-state index in [1.54, 1.807) is 17.4 Å². The van der Waals surface area contributed by atoms with Gasteiger partial charge in [-0.1, -0.05) is 12.1 Å². The molecule has 2 rings (SSSR count). The van der Waals surface area contributed by atoms with Gasteiger partial charge in [-0.2, -0.15) is 13.2 Å². The van der Waals surface area contributed by atoms with Gasteiger partial charge < -0.3 is 5.32 Å². The second-order valence-corrected chi connectivity index (χ2v) is 6.37. The fraction of sp³-hybridized carbons (Fsp3) is 0.286. The highest BCUT2D eigenvalue weighted by molar-refractivity contribution is 9.10. The van der Waals surface area contributed by atoms with Crippen LogP contribution in [0.5, 0.6) is 0 Å². The topological polar surface area (TPSA) is 12.0 Å². The van der Waals surface area contributed by atoms with Crippen molar-refractivity contribution in [2.45, 2.75) is 25.7 Å². The summed E-state index contributed by atoms with van der Waals surface area (Å²) in [5.41, 5.74) is 0.0259. The van der Waals surface area contributed by atoms with Gasteiger partial charge in [0.25, 0.3) is 0 Å². The van der Waals surface area contributed by atoms with Crippen LogP contribution in [0.2, 0.25) is 0 Å². The van der Waals surface area contributed by atoms with E-state index in [9.17, 15) is 13.2 Å². The lowest BCUT2D eigenvalue weighted by Gasteiger charge is -2.15. The van der Waals surface area contributed by atoms with Crippen LogP contribution in [0, 0.1) is 0 Å². The van der Waals surface area contributed by atoms with Gasteiger partial charge in [0.1, 0.15) is 0 Å². The Morgan fingerprint density at radius 2 is 2.05 bits per heavy atom. The molecule has 0 fully saturated rings. The molecule has 108 valence electrons. The molecule has 0 saturated carbocycles. The fourth-order valence-electron chi connectivity index (χ4n) is 1.80. The minimum Gasteiger partial charge on any atom is -0.305 e. The van der Waals surface area contributed by atoms with E-state index in [1.807, 2.05) is 18.4 Å². The van der Waals surface area contributed by atoms with Gasteiger partial charge in [0.15, 0.2) is 0 Å². The van der Waals surface area contributed by atoms with Crippen molar-refractivity contribution in [3.63, 3.8) is 0 Å². The summed E-state index contributed by atoms with van der Waals surface area (Å²) in [5, 5.41) is 5.21. The van der Waals surface area contributed by atoms with Crippen molar-refractivity contribution >= 4 is 27.3 Å². The van der Waals surface area contributed by atoms with Crippen LogP contribution in [-0.2, 0) is 12.7 Å². The third kappa shape index (κ3) is 4.07. The number of hydrogen-bond donors (Lipinski definition) is 1. The Morgan fingerprint density at radius 3 is 2.65 bits per heavy atom. The Bertz CT molecular complexity index is 580. The number of halogens is 4. The van der Waals surface area contributed by atoms with E-state index < -0.39 is 11.7 Å². The first-order chi connectivity index (χ1) is 9.36. The van der Waals surface area contributed by atoms with Crippen molar-refractivity contribution < 1.29 is 13.2 Å². The fourth-order valence-corrected chi connectivity index (χ4v) is 3.20. The standard InChI is InChI=1S/C14H13BrF3NS/c1-9(19-7-13-6-12(15)8-20-13)10-3-2-4-11(5-10)14(16,17)18/h2-6,8-9,19H,7H2,1H3. The number of alkyl halides is 3. The average Bonchev–Trinajstić information content (AvgIpc) is 2.81. The zero-order valence-electron chi connectivity index (χ0n) is 10.7. The molecule has 0 aliphatic carbocycles. The number of thiophene rings is 1. The molecule has 0 aliphatic rings. The molecule has 6 heteroatoms. The van der Waals surface area contributed by atoms with Crippen LogP contribution in [0.25, 0.3) is 0 Å². The van der Waals surface area contributed by atoms with Crippen LogP contribution in [0.1, 0.15) is 29.0 Å².